The highest BCUT2D eigenvalue weighted by Gasteiger charge is 2.35. The lowest BCUT2D eigenvalue weighted by Crippen LogP contribution is -2.30. The highest BCUT2D eigenvalue weighted by atomic mass is 31.0. The van der Waals surface area contributed by atoms with Crippen LogP contribution in [0.5, 0.6) is 0 Å². The van der Waals surface area contributed by atoms with E-state index in [4.69, 9.17) is 0 Å². The van der Waals surface area contributed by atoms with Gasteiger partial charge in [0.05, 0.1) is 0 Å². The summed E-state index contributed by atoms with van der Waals surface area (Å²) in [6.45, 7) is 4.17. The Morgan fingerprint density at radius 3 is 2.62 bits per heavy atom. The van der Waals surface area contributed by atoms with Crippen molar-refractivity contribution in [3.8, 4) is 0 Å². The predicted molar refractivity (Wildman–Crippen MR) is 59.6 cm³/mol. The first kappa shape index (κ1) is 11.4. The van der Waals surface area contributed by atoms with Crippen molar-refractivity contribution in [3.05, 3.63) is 0 Å². The Hall–Kier alpha value is 0.360. The Morgan fingerprint density at radius 1 is 1.38 bits per heavy atom. The molecule has 0 spiro atoms. The summed E-state index contributed by atoms with van der Waals surface area (Å²) in [6.07, 6.45) is 6.59. The molecule has 0 N–H and O–H groups in total. The summed E-state index contributed by atoms with van der Waals surface area (Å²) < 4.78 is 14.0. The van der Waals surface area contributed by atoms with Gasteiger partial charge in [0, 0.05) is 0 Å². The molecule has 0 nitrogen and oxygen atoms in total. The molecule has 2 heteroatoms. The summed E-state index contributed by atoms with van der Waals surface area (Å²) in [4.78, 5) is 0. The third-order valence-corrected chi connectivity index (χ3v) is 4.46. The maximum Gasteiger partial charge on any atom is 0.126 e. The second-order valence-corrected chi connectivity index (χ2v) is 5.38. The van der Waals surface area contributed by atoms with E-state index in [1.807, 2.05) is 6.92 Å². The summed E-state index contributed by atoms with van der Waals surface area (Å²) in [5, 5.41) is -0.992. The van der Waals surface area contributed by atoms with Crippen molar-refractivity contribution in [2.75, 3.05) is 0 Å². The number of halogens is 1. The average Bonchev–Trinajstić information content (AvgIpc) is 2.18. The molecule has 0 saturated heterocycles. The summed E-state index contributed by atoms with van der Waals surface area (Å²) in [6, 6.07) is 0. The van der Waals surface area contributed by atoms with Crippen molar-refractivity contribution in [1.29, 1.82) is 0 Å². The fourth-order valence-corrected chi connectivity index (χ4v) is 2.69. The fraction of sp³-hybridized carbons (Fsp3) is 1.00. The Labute approximate surface area is 83.9 Å². The van der Waals surface area contributed by atoms with Crippen molar-refractivity contribution in [2.24, 2.45) is 11.8 Å². The maximum atomic E-state index is 14.0. The molecule has 0 aromatic rings. The normalized spacial score (nSPS) is 34.2. The number of hydrogen-bond acceptors (Lipinski definition) is 0. The molecule has 0 amide bonds. The fourth-order valence-electron chi connectivity index (χ4n) is 2.39. The van der Waals surface area contributed by atoms with Gasteiger partial charge in [0.15, 0.2) is 0 Å². The zero-order chi connectivity index (χ0) is 9.90. The SMILES string of the molecule is CCC1CCCC(C(F)(P)CC)C1. The lowest BCUT2D eigenvalue weighted by atomic mass is 9.77. The molecule has 4 atom stereocenters. The summed E-state index contributed by atoms with van der Waals surface area (Å²) >= 11 is 0. The highest BCUT2D eigenvalue weighted by molar-refractivity contribution is 7.18. The molecule has 4 unspecified atom stereocenters. The molecule has 0 aromatic carbocycles. The van der Waals surface area contributed by atoms with Gasteiger partial charge in [-0.2, -0.15) is 0 Å². The van der Waals surface area contributed by atoms with Gasteiger partial charge in [-0.25, -0.2) is 4.39 Å². The molecule has 1 rings (SSSR count). The van der Waals surface area contributed by atoms with Crippen LogP contribution in [-0.4, -0.2) is 5.41 Å². The molecular weight excluding hydrogens is 182 g/mol. The number of alkyl halides is 1. The van der Waals surface area contributed by atoms with Crippen molar-refractivity contribution in [3.63, 3.8) is 0 Å². The van der Waals surface area contributed by atoms with E-state index >= 15 is 0 Å². The first-order valence-corrected chi connectivity index (χ1v) is 6.15. The van der Waals surface area contributed by atoms with Crippen LogP contribution < -0.4 is 0 Å². The van der Waals surface area contributed by atoms with Gasteiger partial charge in [0.2, 0.25) is 0 Å². The zero-order valence-corrected chi connectivity index (χ0v) is 10.0. The van der Waals surface area contributed by atoms with Crippen LogP contribution in [0.15, 0.2) is 0 Å². The van der Waals surface area contributed by atoms with Gasteiger partial charge in [-0.15, -0.1) is 0 Å². The molecule has 0 aliphatic heterocycles. The standard InChI is InChI=1S/C11H22FP/c1-3-9-6-5-7-10(8-9)11(12,13)4-2/h9-10H,3-8,13H2,1-2H3. The monoisotopic (exact) mass is 204 g/mol. The largest absolute Gasteiger partial charge is 0.239 e. The van der Waals surface area contributed by atoms with E-state index in [0.29, 0.717) is 12.3 Å². The summed E-state index contributed by atoms with van der Waals surface area (Å²) in [5.74, 6) is 1.07. The van der Waals surface area contributed by atoms with Gasteiger partial charge in [-0.3, -0.25) is 0 Å². The quantitative estimate of drug-likeness (QED) is 0.606. The van der Waals surface area contributed by atoms with E-state index in [0.717, 1.165) is 18.8 Å². The van der Waals surface area contributed by atoms with Crippen molar-refractivity contribution in [2.45, 2.75) is 57.8 Å². The molecule has 1 aliphatic carbocycles. The number of hydrogen-bond donors (Lipinski definition) is 0. The van der Waals surface area contributed by atoms with E-state index < -0.39 is 5.41 Å². The third-order valence-electron chi connectivity index (χ3n) is 3.58. The first-order valence-electron chi connectivity index (χ1n) is 5.58. The van der Waals surface area contributed by atoms with E-state index in [1.165, 1.54) is 19.3 Å². The van der Waals surface area contributed by atoms with Gasteiger partial charge < -0.3 is 0 Å². The van der Waals surface area contributed by atoms with E-state index in [9.17, 15) is 4.39 Å². The Morgan fingerprint density at radius 2 is 2.08 bits per heavy atom. The second kappa shape index (κ2) is 4.73. The van der Waals surface area contributed by atoms with Crippen molar-refractivity contribution in [1.82, 2.24) is 0 Å². The molecule has 0 heterocycles. The van der Waals surface area contributed by atoms with Gasteiger partial charge >= 0.3 is 0 Å². The van der Waals surface area contributed by atoms with Crippen LogP contribution in [0, 0.1) is 11.8 Å². The molecule has 1 saturated carbocycles. The molecule has 1 fully saturated rings. The van der Waals surface area contributed by atoms with Gasteiger partial charge in [0.1, 0.15) is 5.41 Å². The lowest BCUT2D eigenvalue weighted by molar-refractivity contribution is 0.114. The van der Waals surface area contributed by atoms with Crippen LogP contribution in [0.3, 0.4) is 0 Å². The van der Waals surface area contributed by atoms with Crippen LogP contribution in [0.1, 0.15) is 52.4 Å². The number of rotatable bonds is 3. The Kier molecular flexibility index (Phi) is 4.16. The van der Waals surface area contributed by atoms with Crippen LogP contribution in [0.2, 0.25) is 0 Å². The molecular formula is C11H22FP. The molecule has 13 heavy (non-hydrogen) atoms. The second-order valence-electron chi connectivity index (χ2n) is 4.42. The third kappa shape index (κ3) is 2.91. The van der Waals surface area contributed by atoms with Crippen LogP contribution in [0.4, 0.5) is 4.39 Å². The maximum absolute atomic E-state index is 14.0. The molecule has 1 aliphatic rings. The van der Waals surface area contributed by atoms with Gasteiger partial charge in [-0.1, -0.05) is 42.3 Å². The smallest absolute Gasteiger partial charge is 0.126 e. The first-order chi connectivity index (χ1) is 6.10. The molecule has 0 bridgehead atoms. The highest BCUT2D eigenvalue weighted by Crippen LogP contribution is 2.44. The average molecular weight is 204 g/mol. The van der Waals surface area contributed by atoms with Crippen molar-refractivity contribution >= 4 is 9.24 Å². The van der Waals surface area contributed by atoms with Crippen molar-refractivity contribution < 1.29 is 4.39 Å². The van der Waals surface area contributed by atoms with Gasteiger partial charge in [0.25, 0.3) is 0 Å². The van der Waals surface area contributed by atoms with Gasteiger partial charge in [-0.05, 0) is 31.1 Å². The Bertz CT molecular complexity index is 156. The van der Waals surface area contributed by atoms with Crippen LogP contribution in [-0.2, 0) is 0 Å². The topological polar surface area (TPSA) is 0 Å². The predicted octanol–water partition coefficient (Wildman–Crippen LogP) is 4.15. The Balaban J connectivity index is 2.50. The molecule has 78 valence electrons. The van der Waals surface area contributed by atoms with E-state index in [1.54, 1.807) is 0 Å². The summed E-state index contributed by atoms with van der Waals surface area (Å²) in [5.41, 5.74) is 0. The summed E-state index contributed by atoms with van der Waals surface area (Å²) in [7, 11) is 2.43. The van der Waals surface area contributed by atoms with Crippen LogP contribution >= 0.6 is 9.24 Å². The van der Waals surface area contributed by atoms with E-state index in [-0.39, 0.29) is 0 Å². The molecule has 0 radical (unpaired) electrons. The molecule has 0 aromatic heterocycles. The minimum atomic E-state index is -0.992. The van der Waals surface area contributed by atoms with Crippen LogP contribution in [0.25, 0.3) is 0 Å². The minimum absolute atomic E-state index is 0.293. The minimum Gasteiger partial charge on any atom is -0.239 e. The van der Waals surface area contributed by atoms with E-state index in [2.05, 4.69) is 16.2 Å². The lowest BCUT2D eigenvalue weighted by Gasteiger charge is -2.36. The zero-order valence-electron chi connectivity index (χ0n) is 8.85.